The molecule has 3 aromatic rings. The number of hydrogen-bond acceptors (Lipinski definition) is 8. The Morgan fingerprint density at radius 2 is 1.77 bits per heavy atom. The van der Waals surface area contributed by atoms with Crippen molar-refractivity contribution >= 4 is 27.6 Å². The summed E-state index contributed by atoms with van der Waals surface area (Å²) in [5.74, 6) is -0.948. The number of anilines is 1. The van der Waals surface area contributed by atoms with Gasteiger partial charge in [-0.2, -0.15) is 4.31 Å². The predicted octanol–water partition coefficient (Wildman–Crippen LogP) is 4.41. The zero-order valence-electron chi connectivity index (χ0n) is 24.5. The number of nitrogens with zero attached hydrogens (tertiary/aromatic N) is 2. The number of ether oxygens (including phenoxy) is 3. The first kappa shape index (κ1) is 31.4. The van der Waals surface area contributed by atoms with Crippen molar-refractivity contribution in [3.63, 3.8) is 0 Å². The Bertz CT molecular complexity index is 1600. The monoisotopic (exact) mass is 626 g/mol. The number of amides is 1. The molecule has 0 radical (unpaired) electrons. The molecule has 5 rings (SSSR count). The molecule has 0 unspecified atom stereocenters. The number of carbonyl (C=O) groups is 2. The standard InChI is InChI=1S/C32H35FN2O8S/c1-21(2)17-34(44(39,40)26-11-12-29-30(16-26)42-20-41-29)18-28(37)23(13-22-7-4-3-5-8-22)14-27(36)31-19-35(32(38)43-31)25-10-6-9-24(33)15-25/h3-12,15-16,21,23,28,31,37H,13-14,17-20H2,1-2H3/t23-,28-,31+/m1/s1. The number of rotatable bonds is 13. The lowest BCUT2D eigenvalue weighted by atomic mass is 9.88. The quantitative estimate of drug-likeness (QED) is 0.296. The van der Waals surface area contributed by atoms with Gasteiger partial charge in [-0.25, -0.2) is 17.6 Å². The van der Waals surface area contributed by atoms with Crippen LogP contribution in [0.3, 0.4) is 0 Å². The van der Waals surface area contributed by atoms with Crippen LogP contribution in [0.1, 0.15) is 25.8 Å². The Morgan fingerprint density at radius 1 is 1.02 bits per heavy atom. The Labute approximate surface area is 256 Å². The number of ketones is 1. The highest BCUT2D eigenvalue weighted by Crippen LogP contribution is 2.35. The van der Waals surface area contributed by atoms with E-state index < -0.39 is 45.8 Å². The Hall–Kier alpha value is -4.00. The second-order valence-electron chi connectivity index (χ2n) is 11.4. The number of sulfonamides is 1. The number of aliphatic hydroxyl groups excluding tert-OH is 1. The number of Topliss-reactive ketones (excluding diaryl/α,β-unsaturated/α-hetero) is 1. The number of fused-ring (bicyclic) bond motifs is 1. The third-order valence-corrected chi connectivity index (χ3v) is 9.41. The van der Waals surface area contributed by atoms with Gasteiger partial charge in [-0.15, -0.1) is 0 Å². The van der Waals surface area contributed by atoms with Crippen molar-refractivity contribution in [2.75, 3.05) is 31.3 Å². The molecular formula is C32H35FN2O8S. The van der Waals surface area contributed by atoms with Crippen LogP contribution in [0.5, 0.6) is 11.5 Å². The molecular weight excluding hydrogens is 591 g/mol. The molecule has 44 heavy (non-hydrogen) atoms. The number of hydrogen-bond donors (Lipinski definition) is 1. The number of halogens is 1. The average Bonchev–Trinajstić information content (AvgIpc) is 3.63. The summed E-state index contributed by atoms with van der Waals surface area (Å²) in [7, 11) is -4.07. The number of carbonyl (C=O) groups excluding carboxylic acids is 2. The molecule has 1 saturated heterocycles. The second-order valence-corrected chi connectivity index (χ2v) is 13.3. The molecule has 2 heterocycles. The summed E-state index contributed by atoms with van der Waals surface area (Å²) in [5.41, 5.74) is 1.12. The molecule has 2 aliphatic heterocycles. The minimum Gasteiger partial charge on any atom is -0.454 e. The second kappa shape index (κ2) is 13.3. The van der Waals surface area contributed by atoms with Gasteiger partial charge in [-0.05, 0) is 54.2 Å². The van der Waals surface area contributed by atoms with Crippen molar-refractivity contribution in [2.45, 2.75) is 43.8 Å². The van der Waals surface area contributed by atoms with Gasteiger partial charge in [0.1, 0.15) is 5.82 Å². The first-order chi connectivity index (χ1) is 21.0. The smallest absolute Gasteiger partial charge is 0.415 e. The molecule has 0 spiro atoms. The molecule has 1 amide bonds. The van der Waals surface area contributed by atoms with E-state index in [1.54, 1.807) is 6.07 Å². The SMILES string of the molecule is CC(C)CN(C[C@@H](O)[C@@H](CC(=O)[C@@H]1CN(c2cccc(F)c2)C(=O)O1)Cc1ccccc1)S(=O)(=O)c1ccc2c(c1)OCO2. The van der Waals surface area contributed by atoms with Gasteiger partial charge in [-0.3, -0.25) is 9.69 Å². The summed E-state index contributed by atoms with van der Waals surface area (Å²) in [6, 6.07) is 19.1. The normalized spacial score (nSPS) is 17.6. The molecule has 1 N–H and O–H groups in total. The Balaban J connectivity index is 1.36. The number of benzene rings is 3. The van der Waals surface area contributed by atoms with Gasteiger partial charge in [0, 0.05) is 25.6 Å². The van der Waals surface area contributed by atoms with Crippen molar-refractivity contribution in [3.8, 4) is 11.5 Å². The molecule has 3 atom stereocenters. The van der Waals surface area contributed by atoms with Crippen molar-refractivity contribution in [1.29, 1.82) is 0 Å². The summed E-state index contributed by atoms with van der Waals surface area (Å²) in [4.78, 5) is 27.2. The van der Waals surface area contributed by atoms with Gasteiger partial charge in [-0.1, -0.05) is 50.2 Å². The van der Waals surface area contributed by atoms with Crippen LogP contribution in [0.4, 0.5) is 14.9 Å². The van der Waals surface area contributed by atoms with E-state index in [0.29, 0.717) is 11.5 Å². The molecule has 0 aromatic heterocycles. The van der Waals surface area contributed by atoms with Crippen LogP contribution < -0.4 is 14.4 Å². The summed E-state index contributed by atoms with van der Waals surface area (Å²) in [6.07, 6.45) is -3.03. The largest absolute Gasteiger partial charge is 0.454 e. The van der Waals surface area contributed by atoms with Gasteiger partial charge < -0.3 is 19.3 Å². The number of aliphatic hydroxyl groups is 1. The topological polar surface area (TPSA) is 123 Å². The van der Waals surface area contributed by atoms with Gasteiger partial charge >= 0.3 is 6.09 Å². The average molecular weight is 627 g/mol. The molecule has 2 aliphatic rings. The van der Waals surface area contributed by atoms with Crippen LogP contribution in [0.15, 0.2) is 77.7 Å². The van der Waals surface area contributed by atoms with Gasteiger partial charge in [0.2, 0.25) is 16.8 Å². The molecule has 0 bridgehead atoms. The molecule has 3 aromatic carbocycles. The van der Waals surface area contributed by atoms with E-state index in [1.807, 2.05) is 44.2 Å². The zero-order chi connectivity index (χ0) is 31.4. The molecule has 1 fully saturated rings. The van der Waals surface area contributed by atoms with E-state index in [-0.39, 0.29) is 55.8 Å². The van der Waals surface area contributed by atoms with Crippen LogP contribution in [0.25, 0.3) is 0 Å². The molecule has 10 nitrogen and oxygen atoms in total. The minimum absolute atomic E-state index is 0.000550. The van der Waals surface area contributed by atoms with E-state index in [0.717, 1.165) is 5.56 Å². The summed E-state index contributed by atoms with van der Waals surface area (Å²) in [6.45, 7) is 3.50. The Kier molecular flexibility index (Phi) is 9.52. The highest BCUT2D eigenvalue weighted by atomic mass is 32.2. The van der Waals surface area contributed by atoms with E-state index in [2.05, 4.69) is 0 Å². The molecule has 12 heteroatoms. The predicted molar refractivity (Wildman–Crippen MR) is 159 cm³/mol. The fourth-order valence-electron chi connectivity index (χ4n) is 5.36. The first-order valence-corrected chi connectivity index (χ1v) is 15.8. The van der Waals surface area contributed by atoms with Crippen molar-refractivity contribution in [3.05, 3.63) is 84.2 Å². The summed E-state index contributed by atoms with van der Waals surface area (Å²) < 4.78 is 58.6. The molecule has 234 valence electrons. The lowest BCUT2D eigenvalue weighted by molar-refractivity contribution is -0.127. The zero-order valence-corrected chi connectivity index (χ0v) is 25.3. The van der Waals surface area contributed by atoms with Crippen LogP contribution in [-0.2, 0) is 26.0 Å². The number of cyclic esters (lactones) is 1. The van der Waals surface area contributed by atoms with Crippen molar-refractivity contribution < 1.29 is 41.7 Å². The highest BCUT2D eigenvalue weighted by molar-refractivity contribution is 7.89. The third kappa shape index (κ3) is 7.20. The first-order valence-electron chi connectivity index (χ1n) is 14.4. The lowest BCUT2D eigenvalue weighted by Crippen LogP contribution is -2.43. The van der Waals surface area contributed by atoms with Crippen molar-refractivity contribution in [1.82, 2.24) is 4.31 Å². The van der Waals surface area contributed by atoms with E-state index in [1.165, 1.54) is 45.6 Å². The van der Waals surface area contributed by atoms with Gasteiger partial charge in [0.15, 0.2) is 23.4 Å². The lowest BCUT2D eigenvalue weighted by Gasteiger charge is -2.30. The fourth-order valence-corrected chi connectivity index (χ4v) is 7.00. The van der Waals surface area contributed by atoms with Gasteiger partial charge in [0.25, 0.3) is 0 Å². The van der Waals surface area contributed by atoms with Crippen LogP contribution in [0.2, 0.25) is 0 Å². The van der Waals surface area contributed by atoms with E-state index in [4.69, 9.17) is 14.2 Å². The molecule has 0 aliphatic carbocycles. The molecule has 0 saturated carbocycles. The van der Waals surface area contributed by atoms with Gasteiger partial charge in [0.05, 0.1) is 23.2 Å². The summed E-state index contributed by atoms with van der Waals surface area (Å²) >= 11 is 0. The van der Waals surface area contributed by atoms with Crippen molar-refractivity contribution in [2.24, 2.45) is 11.8 Å². The van der Waals surface area contributed by atoms with Crippen LogP contribution >= 0.6 is 0 Å². The van der Waals surface area contributed by atoms with Crippen LogP contribution in [0, 0.1) is 17.7 Å². The van der Waals surface area contributed by atoms with E-state index in [9.17, 15) is 27.5 Å². The van der Waals surface area contributed by atoms with Crippen LogP contribution in [-0.4, -0.2) is 68.3 Å². The summed E-state index contributed by atoms with van der Waals surface area (Å²) in [5, 5.41) is 11.6. The Morgan fingerprint density at radius 3 is 2.50 bits per heavy atom. The highest BCUT2D eigenvalue weighted by Gasteiger charge is 2.39. The minimum atomic E-state index is -4.07. The maximum absolute atomic E-state index is 13.8. The maximum atomic E-state index is 13.8. The maximum Gasteiger partial charge on any atom is 0.415 e. The van der Waals surface area contributed by atoms with E-state index >= 15 is 0 Å². The third-order valence-electron chi connectivity index (χ3n) is 7.58. The fraction of sp³-hybridized carbons (Fsp3) is 0.375.